The Bertz CT molecular complexity index is 740. The minimum Gasteiger partial charge on any atom is -0.493 e. The first-order chi connectivity index (χ1) is 12.3. The van der Waals surface area contributed by atoms with Crippen LogP contribution in [0.15, 0.2) is 18.2 Å². The average molecular weight is 387 g/mol. The first-order valence-electron chi connectivity index (χ1n) is 8.08. The van der Waals surface area contributed by atoms with Crippen LogP contribution in [0.1, 0.15) is 18.0 Å². The predicted octanol–water partition coefficient (Wildman–Crippen LogP) is 0.0460. The second-order valence-corrected chi connectivity index (χ2v) is 7.60. The topological polar surface area (TPSA) is 106 Å². The molecular formula is C16H25N3O6S. The molecule has 10 heteroatoms. The lowest BCUT2D eigenvalue weighted by Crippen LogP contribution is -2.57. The second kappa shape index (κ2) is 8.67. The molecule has 2 atom stereocenters. The molecule has 1 aromatic rings. The lowest BCUT2D eigenvalue weighted by atomic mass is 9.99. The van der Waals surface area contributed by atoms with Gasteiger partial charge in [0.15, 0.2) is 11.5 Å². The highest BCUT2D eigenvalue weighted by atomic mass is 32.2. The summed E-state index contributed by atoms with van der Waals surface area (Å²) in [6.45, 7) is 0.667. The normalized spacial score (nSPS) is 22.6. The summed E-state index contributed by atoms with van der Waals surface area (Å²) in [6.07, 6.45) is 0.282. The molecule has 1 fully saturated rings. The van der Waals surface area contributed by atoms with E-state index in [9.17, 15) is 13.2 Å². The van der Waals surface area contributed by atoms with Crippen molar-refractivity contribution < 1.29 is 27.4 Å². The maximum atomic E-state index is 12.4. The van der Waals surface area contributed by atoms with Crippen LogP contribution >= 0.6 is 0 Å². The molecule has 2 N–H and O–H groups in total. The molecule has 0 bridgehead atoms. The molecule has 0 aliphatic carbocycles. The SMILES string of the molecule is COCCNC(=O)[C@H]1C[C@@H](c2ccc(OC)c(OC)c2)NS(=O)(=O)N1C. The van der Waals surface area contributed by atoms with Gasteiger partial charge < -0.3 is 19.5 Å². The Hall–Kier alpha value is -1.88. The Balaban J connectivity index is 2.26. The molecule has 26 heavy (non-hydrogen) atoms. The van der Waals surface area contributed by atoms with Crippen molar-refractivity contribution in [3.05, 3.63) is 23.8 Å². The lowest BCUT2D eigenvalue weighted by Gasteiger charge is -2.36. The zero-order chi connectivity index (χ0) is 19.3. The fourth-order valence-corrected chi connectivity index (χ4v) is 4.07. The molecule has 0 spiro atoms. The molecule has 1 saturated heterocycles. The third-order valence-electron chi connectivity index (χ3n) is 4.29. The van der Waals surface area contributed by atoms with Gasteiger partial charge in [0.1, 0.15) is 6.04 Å². The van der Waals surface area contributed by atoms with Crippen LogP contribution in [-0.4, -0.2) is 66.2 Å². The molecule has 9 nitrogen and oxygen atoms in total. The lowest BCUT2D eigenvalue weighted by molar-refractivity contribution is -0.125. The quantitative estimate of drug-likeness (QED) is 0.640. The molecule has 1 heterocycles. The van der Waals surface area contributed by atoms with E-state index in [4.69, 9.17) is 14.2 Å². The van der Waals surface area contributed by atoms with Crippen LogP contribution in [0.4, 0.5) is 0 Å². The van der Waals surface area contributed by atoms with Crippen molar-refractivity contribution in [1.82, 2.24) is 14.3 Å². The van der Waals surface area contributed by atoms with Gasteiger partial charge in [-0.3, -0.25) is 4.79 Å². The zero-order valence-electron chi connectivity index (χ0n) is 15.3. The first kappa shape index (κ1) is 20.4. The molecule has 146 valence electrons. The van der Waals surface area contributed by atoms with E-state index in [1.165, 1.54) is 28.4 Å². The molecule has 0 aromatic heterocycles. The Morgan fingerprint density at radius 2 is 1.96 bits per heavy atom. The number of hydrogen-bond acceptors (Lipinski definition) is 6. The number of rotatable bonds is 7. The summed E-state index contributed by atoms with van der Waals surface area (Å²) in [5.41, 5.74) is 0.689. The fraction of sp³-hybridized carbons (Fsp3) is 0.562. The summed E-state index contributed by atoms with van der Waals surface area (Å²) in [5.74, 6) is 0.671. The van der Waals surface area contributed by atoms with Crippen LogP contribution in [0.5, 0.6) is 11.5 Å². The van der Waals surface area contributed by atoms with E-state index < -0.39 is 22.3 Å². The Morgan fingerprint density at radius 3 is 2.58 bits per heavy atom. The van der Waals surface area contributed by atoms with Gasteiger partial charge in [0.25, 0.3) is 10.2 Å². The first-order valence-corrected chi connectivity index (χ1v) is 9.52. The Labute approximate surface area is 153 Å². The van der Waals surface area contributed by atoms with E-state index in [0.717, 1.165) is 4.31 Å². The van der Waals surface area contributed by atoms with Gasteiger partial charge in [0, 0.05) is 20.7 Å². The Kier molecular flexibility index (Phi) is 6.81. The smallest absolute Gasteiger partial charge is 0.280 e. The van der Waals surface area contributed by atoms with Crippen molar-refractivity contribution in [3.8, 4) is 11.5 Å². The van der Waals surface area contributed by atoms with E-state index in [0.29, 0.717) is 30.2 Å². The third-order valence-corrected chi connectivity index (χ3v) is 5.88. The predicted molar refractivity (Wildman–Crippen MR) is 95.4 cm³/mol. The second-order valence-electron chi connectivity index (χ2n) is 5.84. The van der Waals surface area contributed by atoms with Crippen molar-refractivity contribution in [2.24, 2.45) is 0 Å². The summed E-state index contributed by atoms with van der Waals surface area (Å²) in [5, 5.41) is 2.69. The number of carbonyl (C=O) groups excluding carboxylic acids is 1. The van der Waals surface area contributed by atoms with Crippen LogP contribution in [0.2, 0.25) is 0 Å². The molecule has 1 amide bonds. The maximum absolute atomic E-state index is 12.4. The van der Waals surface area contributed by atoms with Crippen molar-refractivity contribution in [1.29, 1.82) is 0 Å². The standard InChI is InChI=1S/C16H25N3O6S/c1-19-13(16(20)17-7-8-23-2)10-12(18-26(19,21)22)11-5-6-14(24-3)15(9-11)25-4/h5-6,9,12-13,18H,7-8,10H2,1-4H3,(H,17,20)/t12-,13+/m0/s1. The highest BCUT2D eigenvalue weighted by Crippen LogP contribution is 2.34. The summed E-state index contributed by atoms with van der Waals surface area (Å²) < 4.78 is 43.9. The van der Waals surface area contributed by atoms with Gasteiger partial charge in [-0.05, 0) is 24.1 Å². The average Bonchev–Trinajstić information content (AvgIpc) is 2.63. The molecule has 1 aromatic carbocycles. The number of carbonyl (C=O) groups is 1. The Morgan fingerprint density at radius 1 is 1.27 bits per heavy atom. The van der Waals surface area contributed by atoms with Crippen molar-refractivity contribution >= 4 is 16.1 Å². The van der Waals surface area contributed by atoms with Crippen molar-refractivity contribution in [2.45, 2.75) is 18.5 Å². The number of likely N-dealkylation sites (N-methyl/N-ethyl adjacent to an activating group) is 1. The molecule has 0 radical (unpaired) electrons. The third kappa shape index (κ3) is 4.44. The van der Waals surface area contributed by atoms with Gasteiger partial charge in [-0.15, -0.1) is 0 Å². The maximum Gasteiger partial charge on any atom is 0.280 e. The van der Waals surface area contributed by atoms with Crippen LogP contribution in [0.3, 0.4) is 0 Å². The van der Waals surface area contributed by atoms with E-state index in [-0.39, 0.29) is 12.3 Å². The zero-order valence-corrected chi connectivity index (χ0v) is 16.1. The summed E-state index contributed by atoms with van der Waals surface area (Å²) >= 11 is 0. The summed E-state index contributed by atoms with van der Waals surface area (Å²) in [6, 6.07) is 3.77. The molecule has 0 saturated carbocycles. The molecule has 1 aliphatic heterocycles. The van der Waals surface area contributed by atoms with Crippen LogP contribution in [0, 0.1) is 0 Å². The van der Waals surface area contributed by atoms with E-state index in [1.54, 1.807) is 18.2 Å². The number of hydrogen-bond donors (Lipinski definition) is 2. The number of nitrogens with one attached hydrogen (secondary N) is 2. The molecule has 1 aliphatic rings. The number of nitrogens with zero attached hydrogens (tertiary/aromatic N) is 1. The van der Waals surface area contributed by atoms with Gasteiger partial charge in [-0.1, -0.05) is 6.07 Å². The van der Waals surface area contributed by atoms with E-state index in [2.05, 4.69) is 10.0 Å². The number of ether oxygens (including phenoxy) is 3. The number of methoxy groups -OCH3 is 3. The number of benzene rings is 1. The van der Waals surface area contributed by atoms with Gasteiger partial charge >= 0.3 is 0 Å². The van der Waals surface area contributed by atoms with Crippen LogP contribution < -0.4 is 19.5 Å². The van der Waals surface area contributed by atoms with E-state index >= 15 is 0 Å². The van der Waals surface area contributed by atoms with Gasteiger partial charge in [-0.2, -0.15) is 17.4 Å². The largest absolute Gasteiger partial charge is 0.493 e. The van der Waals surface area contributed by atoms with Gasteiger partial charge in [0.05, 0.1) is 26.9 Å². The highest BCUT2D eigenvalue weighted by Gasteiger charge is 2.40. The van der Waals surface area contributed by atoms with Crippen molar-refractivity contribution in [3.63, 3.8) is 0 Å². The highest BCUT2D eigenvalue weighted by molar-refractivity contribution is 7.87. The monoisotopic (exact) mass is 387 g/mol. The fourth-order valence-electron chi connectivity index (χ4n) is 2.79. The van der Waals surface area contributed by atoms with Crippen LogP contribution in [0.25, 0.3) is 0 Å². The van der Waals surface area contributed by atoms with Crippen LogP contribution in [-0.2, 0) is 19.7 Å². The molecular weight excluding hydrogens is 362 g/mol. The van der Waals surface area contributed by atoms with Crippen molar-refractivity contribution in [2.75, 3.05) is 41.5 Å². The summed E-state index contributed by atoms with van der Waals surface area (Å²) in [7, 11) is 2.14. The molecule has 0 unspecified atom stereocenters. The molecule has 2 rings (SSSR count). The van der Waals surface area contributed by atoms with Gasteiger partial charge in [0.2, 0.25) is 5.91 Å². The minimum absolute atomic E-state index is 0.282. The van der Waals surface area contributed by atoms with Gasteiger partial charge in [-0.25, -0.2) is 0 Å². The number of amides is 1. The van der Waals surface area contributed by atoms with E-state index in [1.807, 2.05) is 0 Å². The summed E-state index contributed by atoms with van der Waals surface area (Å²) in [4.78, 5) is 12.4. The minimum atomic E-state index is -3.80.